The molecule has 0 saturated heterocycles. The Morgan fingerprint density at radius 3 is 2.33 bits per heavy atom. The average molecular weight is 327 g/mol. The molecule has 4 saturated carbocycles. The molecule has 1 heterocycles. The third-order valence-electron chi connectivity index (χ3n) is 6.58. The molecule has 0 spiro atoms. The highest BCUT2D eigenvalue weighted by Gasteiger charge is 2.54. The maximum absolute atomic E-state index is 13.0. The molecule has 1 aromatic rings. The van der Waals surface area contributed by atoms with Gasteiger partial charge in [-0.3, -0.25) is 4.79 Å². The summed E-state index contributed by atoms with van der Waals surface area (Å²) in [6, 6.07) is 7.72. The van der Waals surface area contributed by atoms with Gasteiger partial charge in [0.1, 0.15) is 12.7 Å². The lowest BCUT2D eigenvalue weighted by molar-refractivity contribution is -0.146. The number of rotatable bonds is 3. The molecule has 1 atom stereocenters. The van der Waals surface area contributed by atoms with E-state index in [4.69, 9.17) is 9.47 Å². The zero-order valence-corrected chi connectivity index (χ0v) is 14.0. The van der Waals surface area contributed by atoms with E-state index in [0.29, 0.717) is 13.2 Å². The van der Waals surface area contributed by atoms with E-state index in [1.54, 1.807) is 0 Å². The van der Waals surface area contributed by atoms with Gasteiger partial charge in [-0.25, -0.2) is 0 Å². The van der Waals surface area contributed by atoms with Gasteiger partial charge in [0.25, 0.3) is 0 Å². The summed E-state index contributed by atoms with van der Waals surface area (Å²) in [4.78, 5) is 13.0. The summed E-state index contributed by atoms with van der Waals surface area (Å²) in [5.74, 6) is 4.22. The molecule has 4 heteroatoms. The third-order valence-corrected chi connectivity index (χ3v) is 6.58. The van der Waals surface area contributed by atoms with Gasteiger partial charge >= 0.3 is 0 Å². The summed E-state index contributed by atoms with van der Waals surface area (Å²) >= 11 is 0. The summed E-state index contributed by atoms with van der Waals surface area (Å²) < 4.78 is 11.7. The topological polar surface area (TPSA) is 47.6 Å². The minimum Gasteiger partial charge on any atom is -0.486 e. The van der Waals surface area contributed by atoms with Crippen LogP contribution in [0.15, 0.2) is 24.3 Å². The van der Waals surface area contributed by atoms with Gasteiger partial charge in [0.2, 0.25) is 5.91 Å². The Labute approximate surface area is 142 Å². The molecule has 5 aliphatic rings. The first kappa shape index (κ1) is 14.6. The summed E-state index contributed by atoms with van der Waals surface area (Å²) in [5, 5.41) is 3.20. The number of ether oxygens (including phenoxy) is 2. The second kappa shape index (κ2) is 5.40. The molecule has 1 aromatic carbocycles. The van der Waals surface area contributed by atoms with E-state index >= 15 is 0 Å². The van der Waals surface area contributed by atoms with E-state index in [9.17, 15) is 4.79 Å². The fourth-order valence-electron chi connectivity index (χ4n) is 5.95. The maximum Gasteiger partial charge on any atom is 0.226 e. The summed E-state index contributed by atoms with van der Waals surface area (Å²) in [6.07, 6.45) is 7.31. The van der Waals surface area contributed by atoms with Crippen LogP contribution in [-0.2, 0) is 4.79 Å². The van der Waals surface area contributed by atoms with Crippen molar-refractivity contribution in [3.63, 3.8) is 0 Å². The van der Waals surface area contributed by atoms with E-state index in [1.165, 1.54) is 19.3 Å². The van der Waals surface area contributed by atoms with Gasteiger partial charge < -0.3 is 14.8 Å². The van der Waals surface area contributed by atoms with Crippen LogP contribution >= 0.6 is 0 Å². The highest BCUT2D eigenvalue weighted by atomic mass is 16.6. The van der Waals surface area contributed by atoms with E-state index in [2.05, 4.69) is 5.32 Å². The Balaban J connectivity index is 1.22. The number of amides is 1. The summed E-state index contributed by atoms with van der Waals surface area (Å²) in [6.45, 7) is 1.03. The smallest absolute Gasteiger partial charge is 0.226 e. The quantitative estimate of drug-likeness (QED) is 0.928. The van der Waals surface area contributed by atoms with Crippen molar-refractivity contribution in [2.75, 3.05) is 13.2 Å². The van der Waals surface area contributed by atoms with Gasteiger partial charge in [-0.1, -0.05) is 12.1 Å². The number of hydrogen-bond donors (Lipinski definition) is 1. The monoisotopic (exact) mass is 327 g/mol. The van der Waals surface area contributed by atoms with Crippen molar-refractivity contribution in [2.45, 2.75) is 44.6 Å². The Bertz CT molecular complexity index is 621. The first-order chi connectivity index (χ1) is 11.7. The highest BCUT2D eigenvalue weighted by molar-refractivity contribution is 5.83. The van der Waals surface area contributed by atoms with Crippen LogP contribution in [0.3, 0.4) is 0 Å². The van der Waals surface area contributed by atoms with Crippen LogP contribution < -0.4 is 14.8 Å². The van der Waals surface area contributed by atoms with Gasteiger partial charge in [0, 0.05) is 5.41 Å². The fraction of sp³-hybridized carbons (Fsp3) is 0.650. The van der Waals surface area contributed by atoms with Crippen molar-refractivity contribution < 1.29 is 14.3 Å². The minimum atomic E-state index is -0.0993. The first-order valence-corrected chi connectivity index (χ1v) is 9.37. The van der Waals surface area contributed by atoms with Gasteiger partial charge in [-0.2, -0.15) is 0 Å². The third kappa shape index (κ3) is 2.38. The number of benzene rings is 1. The first-order valence-electron chi connectivity index (χ1n) is 9.37. The lowest BCUT2D eigenvalue weighted by atomic mass is 9.49. The number of hydrogen-bond acceptors (Lipinski definition) is 3. The Morgan fingerprint density at radius 2 is 1.67 bits per heavy atom. The lowest BCUT2D eigenvalue weighted by Gasteiger charge is -2.55. The van der Waals surface area contributed by atoms with Gasteiger partial charge in [0.15, 0.2) is 11.5 Å². The molecule has 128 valence electrons. The van der Waals surface area contributed by atoms with Crippen molar-refractivity contribution in [1.82, 2.24) is 5.32 Å². The van der Waals surface area contributed by atoms with E-state index in [1.807, 2.05) is 24.3 Å². The average Bonchev–Trinajstić information content (AvgIpc) is 2.58. The minimum absolute atomic E-state index is 0.0812. The number of carbonyl (C=O) groups excluding carboxylic acids is 1. The molecule has 4 bridgehead atoms. The standard InChI is InChI=1S/C20H25NO3/c22-19(20-8-13-5-14(9-20)7-15(6-13)10-20)21-11-16-12-23-17-3-1-2-4-18(17)24-16/h1-4,13-16H,5-12H2,(H,21,22). The van der Waals surface area contributed by atoms with E-state index < -0.39 is 0 Å². The van der Waals surface area contributed by atoms with Crippen LogP contribution in [0.2, 0.25) is 0 Å². The molecule has 4 fully saturated rings. The normalized spacial score (nSPS) is 38.8. The van der Waals surface area contributed by atoms with E-state index in [-0.39, 0.29) is 17.4 Å². The Morgan fingerprint density at radius 1 is 1.04 bits per heavy atom. The summed E-state index contributed by atoms with van der Waals surface area (Å²) in [7, 11) is 0. The predicted molar refractivity (Wildman–Crippen MR) is 90.0 cm³/mol. The maximum atomic E-state index is 13.0. The van der Waals surface area contributed by atoms with Crippen LogP contribution in [0.1, 0.15) is 38.5 Å². The van der Waals surface area contributed by atoms with Crippen LogP contribution in [0.5, 0.6) is 11.5 Å². The van der Waals surface area contributed by atoms with Crippen LogP contribution in [-0.4, -0.2) is 25.2 Å². The molecule has 0 aromatic heterocycles. The molecule has 0 radical (unpaired) electrons. The van der Waals surface area contributed by atoms with Crippen LogP contribution in [0.25, 0.3) is 0 Å². The molecule has 1 N–H and O–H groups in total. The molecular formula is C20H25NO3. The number of para-hydroxylation sites is 2. The van der Waals surface area contributed by atoms with Gasteiger partial charge in [0.05, 0.1) is 6.54 Å². The molecule has 1 unspecified atom stereocenters. The summed E-state index contributed by atoms with van der Waals surface area (Å²) in [5.41, 5.74) is -0.0812. The van der Waals surface area contributed by atoms with Crippen molar-refractivity contribution in [2.24, 2.45) is 23.2 Å². The second-order valence-corrected chi connectivity index (χ2v) is 8.41. The molecule has 6 rings (SSSR count). The number of nitrogens with one attached hydrogen (secondary N) is 1. The fourth-order valence-corrected chi connectivity index (χ4v) is 5.95. The van der Waals surface area contributed by atoms with E-state index in [0.717, 1.165) is 48.5 Å². The van der Waals surface area contributed by atoms with Crippen molar-refractivity contribution in [1.29, 1.82) is 0 Å². The van der Waals surface area contributed by atoms with Crippen molar-refractivity contribution in [3.8, 4) is 11.5 Å². The Kier molecular flexibility index (Phi) is 3.29. The lowest BCUT2D eigenvalue weighted by Crippen LogP contribution is -2.55. The molecule has 4 nitrogen and oxygen atoms in total. The van der Waals surface area contributed by atoms with Gasteiger partial charge in [-0.05, 0) is 68.4 Å². The molecule has 24 heavy (non-hydrogen) atoms. The molecule has 1 amide bonds. The van der Waals surface area contributed by atoms with Crippen molar-refractivity contribution >= 4 is 5.91 Å². The van der Waals surface area contributed by atoms with Crippen LogP contribution in [0, 0.1) is 23.2 Å². The second-order valence-electron chi connectivity index (χ2n) is 8.41. The van der Waals surface area contributed by atoms with Gasteiger partial charge in [-0.15, -0.1) is 0 Å². The zero-order chi connectivity index (χ0) is 16.1. The molecular weight excluding hydrogens is 302 g/mol. The molecule has 4 aliphatic carbocycles. The zero-order valence-electron chi connectivity index (χ0n) is 14.0. The highest BCUT2D eigenvalue weighted by Crippen LogP contribution is 2.60. The SMILES string of the molecule is O=C(NCC1COc2ccccc2O1)C12CC3CC(CC(C3)C1)C2. The van der Waals surface area contributed by atoms with Crippen molar-refractivity contribution in [3.05, 3.63) is 24.3 Å². The number of carbonyl (C=O) groups is 1. The molecule has 1 aliphatic heterocycles. The largest absolute Gasteiger partial charge is 0.486 e. The Hall–Kier alpha value is -1.71. The predicted octanol–water partition coefficient (Wildman–Crippen LogP) is 3.16. The number of fused-ring (bicyclic) bond motifs is 1. The van der Waals surface area contributed by atoms with Crippen LogP contribution in [0.4, 0.5) is 0 Å².